The maximum absolute atomic E-state index is 13.5. The Bertz CT molecular complexity index is 848. The van der Waals surface area contributed by atoms with Gasteiger partial charge >= 0.3 is 6.18 Å². The van der Waals surface area contributed by atoms with Gasteiger partial charge < -0.3 is 15.0 Å². The summed E-state index contributed by atoms with van der Waals surface area (Å²) >= 11 is 3.36. The third-order valence-corrected chi connectivity index (χ3v) is 5.49. The van der Waals surface area contributed by atoms with Gasteiger partial charge in [-0.1, -0.05) is 28.1 Å². The molecule has 0 saturated heterocycles. The van der Waals surface area contributed by atoms with Crippen molar-refractivity contribution in [2.45, 2.75) is 36.5 Å². The molecule has 1 aliphatic rings. The van der Waals surface area contributed by atoms with Gasteiger partial charge in [0.15, 0.2) is 0 Å². The minimum absolute atomic E-state index is 0.322. The summed E-state index contributed by atoms with van der Waals surface area (Å²) < 4.78 is 42.5. The number of aryl methyl sites for hydroxylation is 1. The molecule has 1 aromatic carbocycles. The molecule has 0 bridgehead atoms. The van der Waals surface area contributed by atoms with Gasteiger partial charge in [0.2, 0.25) is 11.5 Å². The summed E-state index contributed by atoms with van der Waals surface area (Å²) in [4.78, 5) is 16.3. The molecule has 1 fully saturated rings. The number of amides is 1. The summed E-state index contributed by atoms with van der Waals surface area (Å²) in [5.74, 6) is -0.831. The summed E-state index contributed by atoms with van der Waals surface area (Å²) in [5.41, 5.74) is -3.02. The van der Waals surface area contributed by atoms with E-state index in [0.29, 0.717) is 12.8 Å². The van der Waals surface area contributed by atoms with Gasteiger partial charge in [0, 0.05) is 36.9 Å². The molecule has 0 radical (unpaired) electrons. The average molecular weight is 446 g/mol. The number of halogens is 4. The van der Waals surface area contributed by atoms with E-state index in [9.17, 15) is 23.1 Å². The molecule has 146 valence electrons. The van der Waals surface area contributed by atoms with E-state index in [-0.39, 0.29) is 12.5 Å². The number of aromatic nitrogens is 2. The molecule has 3 rings (SSSR count). The van der Waals surface area contributed by atoms with Crippen molar-refractivity contribution < 1.29 is 23.1 Å². The Morgan fingerprint density at radius 1 is 1.41 bits per heavy atom. The number of carbonyl (C=O) groups excluding carboxylic acids is 1. The van der Waals surface area contributed by atoms with Gasteiger partial charge in [0.05, 0.1) is 5.41 Å². The van der Waals surface area contributed by atoms with E-state index in [1.165, 1.54) is 19.4 Å². The van der Waals surface area contributed by atoms with Gasteiger partial charge in [0.25, 0.3) is 0 Å². The highest BCUT2D eigenvalue weighted by molar-refractivity contribution is 9.10. The van der Waals surface area contributed by atoms with Crippen molar-refractivity contribution in [1.82, 2.24) is 14.9 Å². The predicted octanol–water partition coefficient (Wildman–Crippen LogP) is 3.17. The third-order valence-electron chi connectivity index (χ3n) is 4.99. The predicted molar refractivity (Wildman–Crippen MR) is 95.8 cm³/mol. The molecule has 2 aromatic rings. The lowest BCUT2D eigenvalue weighted by molar-refractivity contribution is -0.272. The Balaban J connectivity index is 1.71. The van der Waals surface area contributed by atoms with Crippen LogP contribution < -0.4 is 5.32 Å². The van der Waals surface area contributed by atoms with Crippen molar-refractivity contribution in [3.05, 3.63) is 52.5 Å². The fraction of sp³-hybridized carbons (Fsp3) is 0.444. The molecule has 1 amide bonds. The van der Waals surface area contributed by atoms with Crippen LogP contribution in [-0.4, -0.2) is 33.3 Å². The Morgan fingerprint density at radius 3 is 2.63 bits per heavy atom. The van der Waals surface area contributed by atoms with E-state index in [4.69, 9.17) is 0 Å². The topological polar surface area (TPSA) is 67.2 Å². The lowest BCUT2D eigenvalue weighted by atomic mass is 9.94. The van der Waals surface area contributed by atoms with Crippen LogP contribution in [0.5, 0.6) is 0 Å². The highest BCUT2D eigenvalue weighted by Crippen LogP contribution is 2.49. The molecule has 1 atom stereocenters. The number of hydrogen-bond acceptors (Lipinski definition) is 3. The zero-order valence-electron chi connectivity index (χ0n) is 14.6. The number of nitrogens with zero attached hydrogens (tertiary/aromatic N) is 2. The summed E-state index contributed by atoms with van der Waals surface area (Å²) in [6.07, 6.45) is -1.84. The average Bonchev–Trinajstić information content (AvgIpc) is 3.29. The fourth-order valence-corrected chi connectivity index (χ4v) is 3.63. The van der Waals surface area contributed by atoms with Crippen molar-refractivity contribution in [3.8, 4) is 0 Å². The van der Waals surface area contributed by atoms with Crippen LogP contribution in [0.3, 0.4) is 0 Å². The number of aliphatic hydroxyl groups is 1. The van der Waals surface area contributed by atoms with Crippen LogP contribution in [0, 0.1) is 0 Å². The van der Waals surface area contributed by atoms with Crippen molar-refractivity contribution in [2.75, 3.05) is 6.54 Å². The smallest absolute Gasteiger partial charge is 0.374 e. The number of nitrogens with one attached hydrogen (secondary N) is 1. The zero-order chi connectivity index (χ0) is 19.9. The Hall–Kier alpha value is -1.87. The van der Waals surface area contributed by atoms with Crippen LogP contribution in [0.25, 0.3) is 0 Å². The first-order chi connectivity index (χ1) is 12.6. The maximum Gasteiger partial charge on any atom is 0.424 e. The molecule has 1 aliphatic carbocycles. The molecular weight excluding hydrogens is 427 g/mol. The van der Waals surface area contributed by atoms with Crippen LogP contribution >= 0.6 is 15.9 Å². The van der Waals surface area contributed by atoms with Gasteiger partial charge in [-0.2, -0.15) is 13.2 Å². The zero-order valence-corrected chi connectivity index (χ0v) is 16.1. The number of carbonyl (C=O) groups is 1. The molecule has 5 nitrogen and oxygen atoms in total. The van der Waals surface area contributed by atoms with Gasteiger partial charge in [0.1, 0.15) is 5.82 Å². The van der Waals surface area contributed by atoms with E-state index in [1.54, 1.807) is 0 Å². The van der Waals surface area contributed by atoms with Crippen LogP contribution in [0.4, 0.5) is 13.2 Å². The van der Waals surface area contributed by atoms with Gasteiger partial charge in [-0.15, -0.1) is 0 Å². The van der Waals surface area contributed by atoms with Gasteiger partial charge in [-0.25, -0.2) is 4.98 Å². The third kappa shape index (κ3) is 3.62. The highest BCUT2D eigenvalue weighted by Gasteiger charge is 2.57. The first-order valence-corrected chi connectivity index (χ1v) is 9.21. The monoisotopic (exact) mass is 445 g/mol. The van der Waals surface area contributed by atoms with Crippen molar-refractivity contribution in [1.29, 1.82) is 0 Å². The lowest BCUT2D eigenvalue weighted by Crippen LogP contribution is -2.47. The number of rotatable bonds is 6. The molecule has 2 N–H and O–H groups in total. The molecule has 9 heteroatoms. The van der Waals surface area contributed by atoms with Gasteiger partial charge in [-0.3, -0.25) is 4.79 Å². The Kier molecular flexibility index (Phi) is 5.11. The Morgan fingerprint density at radius 2 is 2.11 bits per heavy atom. The molecule has 1 saturated carbocycles. The SMILES string of the molecule is Cn1ccnc1C(O)(CCNC(=O)C1(c2cccc(Br)c2)CC1)C(F)(F)F. The van der Waals surface area contributed by atoms with E-state index in [0.717, 1.165) is 14.6 Å². The molecule has 1 unspecified atom stereocenters. The summed E-state index contributed by atoms with van der Waals surface area (Å²) in [6, 6.07) is 7.33. The molecule has 0 spiro atoms. The normalized spacial score (nSPS) is 18.0. The first-order valence-electron chi connectivity index (χ1n) is 8.41. The molecule has 1 heterocycles. The van der Waals surface area contributed by atoms with Crippen molar-refractivity contribution in [2.24, 2.45) is 7.05 Å². The van der Waals surface area contributed by atoms with Crippen LogP contribution in [0.2, 0.25) is 0 Å². The number of benzene rings is 1. The minimum Gasteiger partial charge on any atom is -0.374 e. The number of hydrogen-bond donors (Lipinski definition) is 2. The number of alkyl halides is 3. The maximum atomic E-state index is 13.5. The van der Waals surface area contributed by atoms with Crippen LogP contribution in [0.15, 0.2) is 41.1 Å². The summed E-state index contributed by atoms with van der Waals surface area (Å²) in [6.45, 7) is -0.322. The van der Waals surface area contributed by atoms with E-state index in [2.05, 4.69) is 26.2 Å². The largest absolute Gasteiger partial charge is 0.424 e. The lowest BCUT2D eigenvalue weighted by Gasteiger charge is -2.30. The van der Waals surface area contributed by atoms with Crippen molar-refractivity contribution in [3.63, 3.8) is 0 Å². The van der Waals surface area contributed by atoms with E-state index in [1.807, 2.05) is 24.3 Å². The standard InChI is InChI=1S/C18H19BrF3N3O2/c1-25-10-9-23-14(25)17(27,18(20,21)22)7-8-24-15(26)16(5-6-16)12-3-2-4-13(19)11-12/h2-4,9-11,27H,5-8H2,1H3,(H,24,26). The fourth-order valence-electron chi connectivity index (χ4n) is 3.23. The molecule has 1 aromatic heterocycles. The number of imidazole rings is 1. The van der Waals surface area contributed by atoms with Crippen LogP contribution in [-0.2, 0) is 22.9 Å². The first kappa shape index (κ1) is 19.9. The van der Waals surface area contributed by atoms with Gasteiger partial charge in [-0.05, 0) is 30.5 Å². The summed E-state index contributed by atoms with van der Waals surface area (Å²) in [7, 11) is 1.38. The second-order valence-corrected chi connectivity index (χ2v) is 7.73. The van der Waals surface area contributed by atoms with Crippen LogP contribution in [0.1, 0.15) is 30.7 Å². The summed E-state index contributed by atoms with van der Waals surface area (Å²) in [5, 5.41) is 12.9. The van der Waals surface area contributed by atoms with E-state index < -0.39 is 29.4 Å². The second kappa shape index (κ2) is 6.94. The minimum atomic E-state index is -4.92. The second-order valence-electron chi connectivity index (χ2n) is 6.82. The quantitative estimate of drug-likeness (QED) is 0.717. The highest BCUT2D eigenvalue weighted by atomic mass is 79.9. The van der Waals surface area contributed by atoms with Crippen molar-refractivity contribution >= 4 is 21.8 Å². The molecule has 0 aliphatic heterocycles. The molecule has 27 heavy (non-hydrogen) atoms. The molecular formula is C18H19BrF3N3O2. The van der Waals surface area contributed by atoms with E-state index >= 15 is 0 Å². The Labute approximate surface area is 162 Å².